The SMILES string of the molecule is CCOc1ccccc1C(=O)O[C@@H](C)C(N)=O. The number of benzene rings is 1. The van der Waals surface area contributed by atoms with Crippen molar-refractivity contribution in [2.45, 2.75) is 20.0 Å². The number of hydrogen-bond acceptors (Lipinski definition) is 4. The van der Waals surface area contributed by atoms with Crippen LogP contribution in [0, 0.1) is 0 Å². The van der Waals surface area contributed by atoms with Crippen LogP contribution in [-0.2, 0) is 9.53 Å². The number of esters is 1. The van der Waals surface area contributed by atoms with Crippen LogP contribution in [0.1, 0.15) is 24.2 Å². The average Bonchev–Trinajstić information content (AvgIpc) is 2.29. The highest BCUT2D eigenvalue weighted by molar-refractivity contribution is 5.94. The summed E-state index contributed by atoms with van der Waals surface area (Å²) in [5, 5.41) is 0. The second-order valence-corrected chi connectivity index (χ2v) is 3.38. The minimum atomic E-state index is -0.961. The van der Waals surface area contributed by atoms with E-state index in [1.807, 2.05) is 6.92 Å². The number of hydrogen-bond donors (Lipinski definition) is 1. The van der Waals surface area contributed by atoms with Gasteiger partial charge in [-0.3, -0.25) is 4.79 Å². The van der Waals surface area contributed by atoms with Gasteiger partial charge in [-0.2, -0.15) is 0 Å². The maximum atomic E-state index is 11.7. The van der Waals surface area contributed by atoms with Crippen LogP contribution < -0.4 is 10.5 Å². The van der Waals surface area contributed by atoms with Crippen LogP contribution in [0.15, 0.2) is 24.3 Å². The molecule has 0 heterocycles. The van der Waals surface area contributed by atoms with E-state index in [1.54, 1.807) is 24.3 Å². The molecule has 92 valence electrons. The quantitative estimate of drug-likeness (QED) is 0.778. The van der Waals surface area contributed by atoms with Gasteiger partial charge in [0.05, 0.1) is 6.61 Å². The summed E-state index contributed by atoms with van der Waals surface area (Å²) in [5.74, 6) is -0.885. The molecule has 0 aliphatic rings. The van der Waals surface area contributed by atoms with Crippen molar-refractivity contribution in [2.75, 3.05) is 6.61 Å². The molecule has 0 saturated heterocycles. The van der Waals surface area contributed by atoms with Gasteiger partial charge in [0.25, 0.3) is 5.91 Å². The average molecular weight is 237 g/mol. The van der Waals surface area contributed by atoms with Crippen molar-refractivity contribution in [3.05, 3.63) is 29.8 Å². The molecule has 1 aromatic carbocycles. The maximum Gasteiger partial charge on any atom is 0.342 e. The lowest BCUT2D eigenvalue weighted by atomic mass is 10.2. The lowest BCUT2D eigenvalue weighted by Crippen LogP contribution is -2.30. The van der Waals surface area contributed by atoms with Crippen LogP contribution in [0.5, 0.6) is 5.75 Å². The fraction of sp³-hybridized carbons (Fsp3) is 0.333. The van der Waals surface area contributed by atoms with Gasteiger partial charge in [-0.25, -0.2) is 4.79 Å². The molecular formula is C12H15NO4. The molecule has 0 fully saturated rings. The van der Waals surface area contributed by atoms with E-state index in [1.165, 1.54) is 6.92 Å². The number of carbonyl (C=O) groups excluding carboxylic acids is 2. The molecular weight excluding hydrogens is 222 g/mol. The minimum Gasteiger partial charge on any atom is -0.493 e. The number of amides is 1. The molecule has 0 aromatic heterocycles. The van der Waals surface area contributed by atoms with Gasteiger partial charge in [0.2, 0.25) is 0 Å². The summed E-state index contributed by atoms with van der Waals surface area (Å²) in [6.45, 7) is 3.67. The van der Waals surface area contributed by atoms with Gasteiger partial charge in [-0.15, -0.1) is 0 Å². The minimum absolute atomic E-state index is 0.280. The molecule has 0 saturated carbocycles. The largest absolute Gasteiger partial charge is 0.493 e. The predicted molar refractivity (Wildman–Crippen MR) is 61.7 cm³/mol. The normalized spacial score (nSPS) is 11.6. The maximum absolute atomic E-state index is 11.7. The zero-order valence-electron chi connectivity index (χ0n) is 9.80. The Morgan fingerprint density at radius 3 is 2.59 bits per heavy atom. The summed E-state index contributed by atoms with van der Waals surface area (Å²) in [6.07, 6.45) is -0.961. The molecule has 1 aromatic rings. The van der Waals surface area contributed by atoms with Gasteiger partial charge < -0.3 is 15.2 Å². The van der Waals surface area contributed by atoms with E-state index >= 15 is 0 Å². The molecule has 0 bridgehead atoms. The molecule has 0 radical (unpaired) electrons. The number of nitrogens with two attached hydrogens (primary N) is 1. The Kier molecular flexibility index (Phi) is 4.51. The van der Waals surface area contributed by atoms with E-state index < -0.39 is 18.0 Å². The monoisotopic (exact) mass is 237 g/mol. The Balaban J connectivity index is 2.84. The van der Waals surface area contributed by atoms with Crippen molar-refractivity contribution >= 4 is 11.9 Å². The summed E-state index contributed by atoms with van der Waals surface area (Å²) < 4.78 is 10.2. The van der Waals surface area contributed by atoms with Gasteiger partial charge in [0.15, 0.2) is 6.10 Å². The van der Waals surface area contributed by atoms with Crippen LogP contribution in [-0.4, -0.2) is 24.6 Å². The summed E-state index contributed by atoms with van der Waals surface area (Å²) in [5.41, 5.74) is 5.29. The smallest absolute Gasteiger partial charge is 0.342 e. The first-order valence-corrected chi connectivity index (χ1v) is 5.28. The molecule has 0 aliphatic carbocycles. The van der Waals surface area contributed by atoms with Crippen LogP contribution in [0.4, 0.5) is 0 Å². The summed E-state index contributed by atoms with van der Waals surface area (Å²) in [7, 11) is 0. The zero-order valence-corrected chi connectivity index (χ0v) is 9.80. The van der Waals surface area contributed by atoms with Gasteiger partial charge in [-0.05, 0) is 26.0 Å². The Morgan fingerprint density at radius 2 is 2.00 bits per heavy atom. The van der Waals surface area contributed by atoms with E-state index in [9.17, 15) is 9.59 Å². The molecule has 1 atom stereocenters. The third kappa shape index (κ3) is 3.48. The fourth-order valence-electron chi connectivity index (χ4n) is 1.20. The highest BCUT2D eigenvalue weighted by Crippen LogP contribution is 2.19. The molecule has 0 spiro atoms. The topological polar surface area (TPSA) is 78.6 Å². The third-order valence-corrected chi connectivity index (χ3v) is 2.09. The first-order chi connectivity index (χ1) is 8.06. The fourth-order valence-corrected chi connectivity index (χ4v) is 1.20. The number of ether oxygens (including phenoxy) is 2. The molecule has 2 N–H and O–H groups in total. The van der Waals surface area contributed by atoms with E-state index in [4.69, 9.17) is 15.2 Å². The summed E-state index contributed by atoms with van der Waals surface area (Å²) >= 11 is 0. The third-order valence-electron chi connectivity index (χ3n) is 2.09. The highest BCUT2D eigenvalue weighted by Gasteiger charge is 2.19. The van der Waals surface area contributed by atoms with E-state index in [0.29, 0.717) is 12.4 Å². The van der Waals surface area contributed by atoms with Crippen molar-refractivity contribution < 1.29 is 19.1 Å². The molecule has 1 rings (SSSR count). The number of carbonyl (C=O) groups is 2. The van der Waals surface area contributed by atoms with Gasteiger partial charge in [0.1, 0.15) is 11.3 Å². The number of rotatable bonds is 5. The number of primary amides is 1. The lowest BCUT2D eigenvalue weighted by molar-refractivity contribution is -0.125. The van der Waals surface area contributed by atoms with E-state index in [0.717, 1.165) is 0 Å². The van der Waals surface area contributed by atoms with Gasteiger partial charge in [0, 0.05) is 0 Å². The second-order valence-electron chi connectivity index (χ2n) is 3.38. The van der Waals surface area contributed by atoms with E-state index in [2.05, 4.69) is 0 Å². The van der Waals surface area contributed by atoms with Crippen molar-refractivity contribution in [2.24, 2.45) is 5.73 Å². The van der Waals surface area contributed by atoms with Crippen LogP contribution >= 0.6 is 0 Å². The van der Waals surface area contributed by atoms with Crippen LogP contribution in [0.2, 0.25) is 0 Å². The van der Waals surface area contributed by atoms with Crippen LogP contribution in [0.25, 0.3) is 0 Å². The van der Waals surface area contributed by atoms with Gasteiger partial charge in [-0.1, -0.05) is 12.1 Å². The Hall–Kier alpha value is -2.04. The van der Waals surface area contributed by atoms with Crippen molar-refractivity contribution in [1.82, 2.24) is 0 Å². The van der Waals surface area contributed by atoms with Crippen molar-refractivity contribution in [3.8, 4) is 5.75 Å². The Morgan fingerprint density at radius 1 is 1.35 bits per heavy atom. The van der Waals surface area contributed by atoms with Crippen LogP contribution in [0.3, 0.4) is 0 Å². The van der Waals surface area contributed by atoms with E-state index in [-0.39, 0.29) is 5.56 Å². The van der Waals surface area contributed by atoms with Crippen molar-refractivity contribution in [1.29, 1.82) is 0 Å². The standard InChI is InChI=1S/C12H15NO4/c1-3-16-10-7-5-4-6-9(10)12(15)17-8(2)11(13)14/h4-8H,3H2,1-2H3,(H2,13,14)/t8-/m0/s1. The Bertz CT molecular complexity index is 417. The summed E-state index contributed by atoms with van der Waals surface area (Å²) in [6, 6.07) is 6.67. The summed E-state index contributed by atoms with van der Waals surface area (Å²) in [4.78, 5) is 22.5. The van der Waals surface area contributed by atoms with Gasteiger partial charge >= 0.3 is 5.97 Å². The lowest BCUT2D eigenvalue weighted by Gasteiger charge is -2.12. The second kappa shape index (κ2) is 5.89. The van der Waals surface area contributed by atoms with Crippen molar-refractivity contribution in [3.63, 3.8) is 0 Å². The molecule has 0 aliphatic heterocycles. The molecule has 5 nitrogen and oxygen atoms in total. The number of para-hydroxylation sites is 1. The predicted octanol–water partition coefficient (Wildman–Crippen LogP) is 1.12. The molecule has 17 heavy (non-hydrogen) atoms. The highest BCUT2D eigenvalue weighted by atomic mass is 16.5. The molecule has 5 heteroatoms. The Labute approximate surface area is 99.5 Å². The molecule has 1 amide bonds. The zero-order chi connectivity index (χ0) is 12.8. The first-order valence-electron chi connectivity index (χ1n) is 5.28. The molecule has 0 unspecified atom stereocenters. The first kappa shape index (κ1) is 13.0.